The lowest BCUT2D eigenvalue weighted by Gasteiger charge is -2.32. The summed E-state index contributed by atoms with van der Waals surface area (Å²) in [6.07, 6.45) is 1.97. The molecule has 0 radical (unpaired) electrons. The highest BCUT2D eigenvalue weighted by Gasteiger charge is 2.24. The first-order valence-corrected chi connectivity index (χ1v) is 8.52. The maximum atomic E-state index is 12.5. The van der Waals surface area contributed by atoms with Gasteiger partial charge in [-0.1, -0.05) is 30.3 Å². The van der Waals surface area contributed by atoms with Crippen LogP contribution in [0.3, 0.4) is 0 Å². The van der Waals surface area contributed by atoms with Crippen molar-refractivity contribution in [3.8, 4) is 5.75 Å². The van der Waals surface area contributed by atoms with Gasteiger partial charge in [-0.05, 0) is 48.6 Å². The van der Waals surface area contributed by atoms with E-state index in [0.717, 1.165) is 49.4 Å². The van der Waals surface area contributed by atoms with Crippen LogP contribution in [0.15, 0.2) is 54.6 Å². The number of benzene rings is 2. The average Bonchev–Trinajstić information content (AvgIpc) is 2.67. The summed E-state index contributed by atoms with van der Waals surface area (Å²) in [4.78, 5) is 14.5. The van der Waals surface area contributed by atoms with Crippen molar-refractivity contribution in [2.24, 2.45) is 11.7 Å². The zero-order valence-corrected chi connectivity index (χ0v) is 15.1. The van der Waals surface area contributed by atoms with Crippen LogP contribution in [0.5, 0.6) is 5.75 Å². The monoisotopic (exact) mass is 360 g/mol. The smallest absolute Gasteiger partial charge is 0.253 e. The van der Waals surface area contributed by atoms with Crippen LogP contribution in [-0.2, 0) is 6.54 Å². The summed E-state index contributed by atoms with van der Waals surface area (Å²) in [6.45, 7) is 2.80. The molecule has 25 heavy (non-hydrogen) atoms. The maximum Gasteiger partial charge on any atom is 0.253 e. The fourth-order valence-corrected chi connectivity index (χ4v) is 3.00. The van der Waals surface area contributed by atoms with E-state index in [2.05, 4.69) is 0 Å². The van der Waals surface area contributed by atoms with Crippen molar-refractivity contribution in [1.82, 2.24) is 4.90 Å². The standard InChI is InChI=1S/C20H24N2O2.ClH/c21-14-16-6-8-18(9-7-16)20(23)22-12-10-17(11-13-22)15-24-19-4-2-1-3-5-19;/h1-9,17H,10-15,21H2;1H. The van der Waals surface area contributed by atoms with Gasteiger partial charge in [-0.3, -0.25) is 4.79 Å². The van der Waals surface area contributed by atoms with E-state index in [1.54, 1.807) is 0 Å². The van der Waals surface area contributed by atoms with E-state index in [0.29, 0.717) is 12.5 Å². The molecule has 0 atom stereocenters. The van der Waals surface area contributed by atoms with Gasteiger partial charge in [0.2, 0.25) is 0 Å². The van der Waals surface area contributed by atoms with Crippen LogP contribution in [0.1, 0.15) is 28.8 Å². The van der Waals surface area contributed by atoms with Gasteiger partial charge in [0.05, 0.1) is 6.61 Å². The highest BCUT2D eigenvalue weighted by molar-refractivity contribution is 5.94. The molecule has 3 rings (SSSR count). The Bertz CT molecular complexity index is 653. The molecule has 1 aliphatic heterocycles. The number of rotatable bonds is 5. The molecule has 0 bridgehead atoms. The number of hydrogen-bond donors (Lipinski definition) is 1. The van der Waals surface area contributed by atoms with Crippen LogP contribution in [0.4, 0.5) is 0 Å². The van der Waals surface area contributed by atoms with Gasteiger partial charge in [-0.25, -0.2) is 0 Å². The molecule has 0 spiro atoms. The molecule has 1 aliphatic rings. The lowest BCUT2D eigenvalue weighted by atomic mass is 9.97. The van der Waals surface area contributed by atoms with Crippen molar-refractivity contribution in [2.75, 3.05) is 19.7 Å². The molecule has 0 unspecified atom stereocenters. The Morgan fingerprint density at radius 2 is 1.68 bits per heavy atom. The molecule has 1 heterocycles. The van der Waals surface area contributed by atoms with Gasteiger partial charge in [-0.15, -0.1) is 12.4 Å². The summed E-state index contributed by atoms with van der Waals surface area (Å²) in [5.74, 6) is 1.53. The Morgan fingerprint density at radius 1 is 1.04 bits per heavy atom. The van der Waals surface area contributed by atoms with E-state index in [9.17, 15) is 4.79 Å². The average molecular weight is 361 g/mol. The fraction of sp³-hybridized carbons (Fsp3) is 0.350. The Labute approximate surface area is 155 Å². The predicted molar refractivity (Wildman–Crippen MR) is 102 cm³/mol. The van der Waals surface area contributed by atoms with E-state index < -0.39 is 0 Å². The second-order valence-corrected chi connectivity index (χ2v) is 6.26. The Morgan fingerprint density at radius 3 is 2.28 bits per heavy atom. The molecule has 134 valence electrons. The first-order chi connectivity index (χ1) is 11.8. The topological polar surface area (TPSA) is 55.6 Å². The molecule has 1 saturated heterocycles. The van der Waals surface area contributed by atoms with Crippen molar-refractivity contribution in [3.05, 3.63) is 65.7 Å². The number of ether oxygens (including phenoxy) is 1. The zero-order valence-electron chi connectivity index (χ0n) is 14.3. The first kappa shape index (κ1) is 19.3. The van der Waals surface area contributed by atoms with Crippen molar-refractivity contribution < 1.29 is 9.53 Å². The first-order valence-electron chi connectivity index (χ1n) is 8.52. The van der Waals surface area contributed by atoms with Crippen molar-refractivity contribution in [3.63, 3.8) is 0 Å². The SMILES string of the molecule is Cl.NCc1ccc(C(=O)N2CCC(COc3ccccc3)CC2)cc1. The molecule has 2 aromatic rings. The number of halogens is 1. The van der Waals surface area contributed by atoms with Crippen LogP contribution in [0.25, 0.3) is 0 Å². The molecule has 1 fully saturated rings. The number of carbonyl (C=O) groups excluding carboxylic acids is 1. The molecule has 2 aromatic carbocycles. The Balaban J connectivity index is 0.00000225. The van der Waals surface area contributed by atoms with Crippen molar-refractivity contribution in [2.45, 2.75) is 19.4 Å². The fourth-order valence-electron chi connectivity index (χ4n) is 3.00. The molecule has 0 aliphatic carbocycles. The number of carbonyl (C=O) groups is 1. The molecule has 2 N–H and O–H groups in total. The number of likely N-dealkylation sites (tertiary alicyclic amines) is 1. The summed E-state index contributed by atoms with van der Waals surface area (Å²) in [5.41, 5.74) is 7.38. The normalized spacial score (nSPS) is 14.7. The van der Waals surface area contributed by atoms with Gasteiger partial charge in [0.15, 0.2) is 0 Å². The van der Waals surface area contributed by atoms with Crippen LogP contribution < -0.4 is 10.5 Å². The summed E-state index contributed by atoms with van der Waals surface area (Å²) in [6, 6.07) is 17.5. The highest BCUT2D eigenvalue weighted by atomic mass is 35.5. The zero-order chi connectivity index (χ0) is 16.8. The van der Waals surface area contributed by atoms with E-state index in [-0.39, 0.29) is 18.3 Å². The molecule has 1 amide bonds. The van der Waals surface area contributed by atoms with Gasteiger partial charge in [0.25, 0.3) is 5.91 Å². The number of piperidine rings is 1. The van der Waals surface area contributed by atoms with Crippen molar-refractivity contribution >= 4 is 18.3 Å². The van der Waals surface area contributed by atoms with Crippen LogP contribution >= 0.6 is 12.4 Å². The number of para-hydroxylation sites is 1. The van der Waals surface area contributed by atoms with Gasteiger partial charge in [0, 0.05) is 25.2 Å². The third-order valence-electron chi connectivity index (χ3n) is 4.57. The lowest BCUT2D eigenvalue weighted by molar-refractivity contribution is 0.0661. The number of nitrogens with zero attached hydrogens (tertiary/aromatic N) is 1. The molecular weight excluding hydrogens is 336 g/mol. The molecule has 0 saturated carbocycles. The molecule has 4 nitrogen and oxygen atoms in total. The second-order valence-electron chi connectivity index (χ2n) is 6.26. The van der Waals surface area contributed by atoms with E-state index in [1.165, 1.54) is 0 Å². The minimum Gasteiger partial charge on any atom is -0.493 e. The largest absolute Gasteiger partial charge is 0.493 e. The number of nitrogens with two attached hydrogens (primary N) is 1. The maximum absolute atomic E-state index is 12.5. The Kier molecular flexibility index (Phi) is 7.29. The highest BCUT2D eigenvalue weighted by Crippen LogP contribution is 2.21. The van der Waals surface area contributed by atoms with E-state index >= 15 is 0 Å². The van der Waals surface area contributed by atoms with Gasteiger partial charge in [0.1, 0.15) is 5.75 Å². The van der Waals surface area contributed by atoms with Gasteiger partial charge >= 0.3 is 0 Å². The molecular formula is C20H25ClN2O2. The van der Waals surface area contributed by atoms with Gasteiger partial charge < -0.3 is 15.4 Å². The predicted octanol–water partition coefficient (Wildman–Crippen LogP) is 3.50. The van der Waals surface area contributed by atoms with E-state index in [1.807, 2.05) is 59.5 Å². The molecule has 0 aromatic heterocycles. The second kappa shape index (κ2) is 9.44. The molecule has 5 heteroatoms. The lowest BCUT2D eigenvalue weighted by Crippen LogP contribution is -2.39. The van der Waals surface area contributed by atoms with E-state index in [4.69, 9.17) is 10.5 Å². The van der Waals surface area contributed by atoms with Crippen LogP contribution in [0, 0.1) is 5.92 Å². The third-order valence-corrected chi connectivity index (χ3v) is 4.57. The minimum atomic E-state index is 0. The third kappa shape index (κ3) is 5.21. The minimum absolute atomic E-state index is 0. The van der Waals surface area contributed by atoms with Crippen LogP contribution in [-0.4, -0.2) is 30.5 Å². The van der Waals surface area contributed by atoms with Crippen LogP contribution in [0.2, 0.25) is 0 Å². The van der Waals surface area contributed by atoms with Gasteiger partial charge in [-0.2, -0.15) is 0 Å². The Hall–Kier alpha value is -2.04. The summed E-state index contributed by atoms with van der Waals surface area (Å²) in [5, 5.41) is 0. The quantitative estimate of drug-likeness (QED) is 0.887. The number of hydrogen-bond acceptors (Lipinski definition) is 3. The summed E-state index contributed by atoms with van der Waals surface area (Å²) in [7, 11) is 0. The summed E-state index contributed by atoms with van der Waals surface area (Å²) >= 11 is 0. The number of amides is 1. The van der Waals surface area contributed by atoms with Crippen molar-refractivity contribution in [1.29, 1.82) is 0 Å². The summed E-state index contributed by atoms with van der Waals surface area (Å²) < 4.78 is 5.84.